The van der Waals surface area contributed by atoms with E-state index in [1.54, 1.807) is 7.11 Å². The molecule has 2 rings (SSSR count). The van der Waals surface area contributed by atoms with Crippen molar-refractivity contribution in [2.75, 3.05) is 27.3 Å². The molecule has 0 spiro atoms. The van der Waals surface area contributed by atoms with Crippen molar-refractivity contribution in [2.24, 2.45) is 0 Å². The average molecular weight is 303 g/mol. The summed E-state index contributed by atoms with van der Waals surface area (Å²) in [6, 6.07) is 3.66. The topological polar surface area (TPSA) is 55.8 Å². The number of nitrogens with zero attached hydrogens (tertiary/aromatic N) is 1. The maximum Gasteiger partial charge on any atom is 0.243 e. The van der Waals surface area contributed by atoms with Crippen LogP contribution in [0.4, 0.5) is 4.39 Å². The van der Waals surface area contributed by atoms with Gasteiger partial charge in [0.05, 0.1) is 18.1 Å². The highest BCUT2D eigenvalue weighted by molar-refractivity contribution is 7.89. The van der Waals surface area contributed by atoms with Crippen LogP contribution < -0.4 is 4.74 Å². The normalized spacial score (nSPS) is 20.9. The molecule has 1 aliphatic rings. The first-order valence-corrected chi connectivity index (χ1v) is 7.79. The van der Waals surface area contributed by atoms with Crippen LogP contribution in [0.2, 0.25) is 0 Å². The van der Waals surface area contributed by atoms with E-state index in [2.05, 4.69) is 0 Å². The van der Waals surface area contributed by atoms with Crippen LogP contribution in [-0.4, -0.2) is 46.1 Å². The van der Waals surface area contributed by atoms with Crippen molar-refractivity contribution in [1.29, 1.82) is 0 Å². The Bertz CT molecular complexity index is 576. The van der Waals surface area contributed by atoms with E-state index in [0.717, 1.165) is 18.9 Å². The third kappa shape index (κ3) is 2.94. The van der Waals surface area contributed by atoms with Gasteiger partial charge in [-0.15, -0.1) is 0 Å². The first-order chi connectivity index (χ1) is 9.48. The molecule has 1 unspecified atom stereocenters. The number of halogens is 1. The zero-order chi connectivity index (χ0) is 14.8. The number of sulfonamides is 1. The highest BCUT2D eigenvalue weighted by atomic mass is 32.2. The number of piperidine rings is 1. The average Bonchev–Trinajstić information content (AvgIpc) is 2.47. The number of hydrogen-bond donors (Lipinski definition) is 0. The van der Waals surface area contributed by atoms with Crippen molar-refractivity contribution < 1.29 is 22.3 Å². The molecular weight excluding hydrogens is 285 g/mol. The molecule has 0 radical (unpaired) electrons. The molecule has 20 heavy (non-hydrogen) atoms. The molecule has 112 valence electrons. The predicted octanol–water partition coefficient (Wildman–Crippen LogP) is 1.63. The lowest BCUT2D eigenvalue weighted by Crippen LogP contribution is -2.42. The maximum absolute atomic E-state index is 13.7. The van der Waals surface area contributed by atoms with Gasteiger partial charge in [-0.2, -0.15) is 4.31 Å². The van der Waals surface area contributed by atoms with Crippen LogP contribution in [0.15, 0.2) is 23.1 Å². The number of rotatable bonds is 4. The van der Waals surface area contributed by atoms with E-state index in [9.17, 15) is 12.8 Å². The molecule has 1 fully saturated rings. The van der Waals surface area contributed by atoms with Crippen LogP contribution in [0.3, 0.4) is 0 Å². The number of ether oxygens (including phenoxy) is 2. The second-order valence-electron chi connectivity index (χ2n) is 4.66. The van der Waals surface area contributed by atoms with Gasteiger partial charge >= 0.3 is 0 Å². The summed E-state index contributed by atoms with van der Waals surface area (Å²) in [6.45, 7) is 0.725. The Labute approximate surface area is 118 Å². The van der Waals surface area contributed by atoms with E-state index >= 15 is 0 Å². The van der Waals surface area contributed by atoms with E-state index in [1.807, 2.05) is 0 Å². The highest BCUT2D eigenvalue weighted by Crippen LogP contribution is 2.25. The summed E-state index contributed by atoms with van der Waals surface area (Å²) in [4.78, 5) is -0.0625. The first-order valence-electron chi connectivity index (χ1n) is 6.35. The van der Waals surface area contributed by atoms with Crippen LogP contribution in [0.25, 0.3) is 0 Å². The summed E-state index contributed by atoms with van der Waals surface area (Å²) >= 11 is 0. The van der Waals surface area contributed by atoms with Gasteiger partial charge in [0, 0.05) is 20.2 Å². The van der Waals surface area contributed by atoms with Crippen molar-refractivity contribution in [3.05, 3.63) is 24.0 Å². The van der Waals surface area contributed by atoms with Crippen LogP contribution in [0.5, 0.6) is 5.75 Å². The highest BCUT2D eigenvalue weighted by Gasteiger charge is 2.30. The van der Waals surface area contributed by atoms with Gasteiger partial charge in [-0.25, -0.2) is 12.8 Å². The van der Waals surface area contributed by atoms with Crippen molar-refractivity contribution >= 4 is 10.0 Å². The van der Waals surface area contributed by atoms with Gasteiger partial charge in [0.1, 0.15) is 0 Å². The lowest BCUT2D eigenvalue weighted by molar-refractivity contribution is 0.0572. The van der Waals surface area contributed by atoms with Crippen LogP contribution in [0.1, 0.15) is 12.8 Å². The third-order valence-electron chi connectivity index (χ3n) is 3.44. The van der Waals surface area contributed by atoms with E-state index < -0.39 is 15.8 Å². The molecule has 5 nitrogen and oxygen atoms in total. The second-order valence-corrected chi connectivity index (χ2v) is 6.60. The van der Waals surface area contributed by atoms with Crippen LogP contribution >= 0.6 is 0 Å². The van der Waals surface area contributed by atoms with Gasteiger partial charge in [0.25, 0.3) is 0 Å². The fraction of sp³-hybridized carbons (Fsp3) is 0.538. The Morgan fingerprint density at radius 1 is 1.35 bits per heavy atom. The molecule has 1 aliphatic heterocycles. The molecule has 0 bridgehead atoms. The molecule has 1 atom stereocenters. The molecular formula is C13H18FNO4S. The molecule has 1 aromatic carbocycles. The number of benzene rings is 1. The minimum absolute atomic E-state index is 0.0253. The summed E-state index contributed by atoms with van der Waals surface area (Å²) in [6.07, 6.45) is 1.46. The zero-order valence-electron chi connectivity index (χ0n) is 11.5. The van der Waals surface area contributed by atoms with E-state index in [4.69, 9.17) is 9.47 Å². The molecule has 1 heterocycles. The smallest absolute Gasteiger partial charge is 0.243 e. The third-order valence-corrected chi connectivity index (χ3v) is 5.30. The fourth-order valence-electron chi connectivity index (χ4n) is 2.27. The van der Waals surface area contributed by atoms with Gasteiger partial charge < -0.3 is 9.47 Å². The monoisotopic (exact) mass is 303 g/mol. The molecule has 0 N–H and O–H groups in total. The maximum atomic E-state index is 13.7. The first kappa shape index (κ1) is 15.2. The van der Waals surface area contributed by atoms with Gasteiger partial charge in [0.15, 0.2) is 11.6 Å². The van der Waals surface area contributed by atoms with E-state index in [1.165, 1.54) is 23.5 Å². The summed E-state index contributed by atoms with van der Waals surface area (Å²) in [5.74, 6) is -0.661. The number of hydrogen-bond acceptors (Lipinski definition) is 4. The summed E-state index contributed by atoms with van der Waals surface area (Å²) < 4.78 is 49.9. The van der Waals surface area contributed by atoms with Crippen LogP contribution in [-0.2, 0) is 14.8 Å². The van der Waals surface area contributed by atoms with Crippen molar-refractivity contribution in [1.82, 2.24) is 4.31 Å². The Morgan fingerprint density at radius 3 is 2.70 bits per heavy atom. The van der Waals surface area contributed by atoms with Crippen molar-refractivity contribution in [2.45, 2.75) is 23.8 Å². The van der Waals surface area contributed by atoms with E-state index in [0.29, 0.717) is 13.1 Å². The van der Waals surface area contributed by atoms with Gasteiger partial charge in [0.2, 0.25) is 10.0 Å². The molecule has 0 aromatic heterocycles. The minimum atomic E-state index is -3.69. The molecule has 1 aromatic rings. The summed E-state index contributed by atoms with van der Waals surface area (Å²) in [7, 11) is -0.798. The predicted molar refractivity (Wildman–Crippen MR) is 71.7 cm³/mol. The molecule has 0 amide bonds. The SMILES string of the molecule is COc1ccc(S(=O)(=O)N2CCCC(OC)C2)cc1F. The Balaban J connectivity index is 2.28. The molecule has 1 saturated heterocycles. The van der Waals surface area contributed by atoms with Gasteiger partial charge in [-0.05, 0) is 31.0 Å². The van der Waals surface area contributed by atoms with Crippen LogP contribution in [0, 0.1) is 5.82 Å². The molecule has 0 saturated carbocycles. The Hall–Kier alpha value is -1.18. The standard InChI is InChI=1S/C13H18FNO4S/c1-18-10-4-3-7-15(9-10)20(16,17)11-5-6-13(19-2)12(14)8-11/h5-6,8,10H,3-4,7,9H2,1-2H3. The largest absolute Gasteiger partial charge is 0.494 e. The van der Waals surface area contributed by atoms with Crippen molar-refractivity contribution in [3.63, 3.8) is 0 Å². The summed E-state index contributed by atoms with van der Waals surface area (Å²) in [5, 5.41) is 0. The van der Waals surface area contributed by atoms with E-state index in [-0.39, 0.29) is 16.7 Å². The van der Waals surface area contributed by atoms with Gasteiger partial charge in [-0.3, -0.25) is 0 Å². The zero-order valence-corrected chi connectivity index (χ0v) is 12.3. The Kier molecular flexibility index (Phi) is 4.62. The lowest BCUT2D eigenvalue weighted by Gasteiger charge is -2.31. The molecule has 0 aliphatic carbocycles. The lowest BCUT2D eigenvalue weighted by atomic mass is 10.1. The second kappa shape index (κ2) is 6.07. The number of methoxy groups -OCH3 is 2. The van der Waals surface area contributed by atoms with Gasteiger partial charge in [-0.1, -0.05) is 0 Å². The Morgan fingerprint density at radius 2 is 2.10 bits per heavy atom. The fourth-order valence-corrected chi connectivity index (χ4v) is 3.79. The molecule has 7 heteroatoms. The van der Waals surface area contributed by atoms with Crippen molar-refractivity contribution in [3.8, 4) is 5.75 Å². The quantitative estimate of drug-likeness (QED) is 0.848. The minimum Gasteiger partial charge on any atom is -0.494 e. The summed E-state index contributed by atoms with van der Waals surface area (Å²) in [5.41, 5.74) is 0.